The fourth-order valence-electron chi connectivity index (χ4n) is 2.64. The molecule has 3 rings (SSSR count). The number of carbonyl (C=O) groups excluding carboxylic acids is 1. The number of nitrogens with zero attached hydrogens (tertiary/aromatic N) is 2. The molecule has 0 fully saturated rings. The first kappa shape index (κ1) is 15.6. The number of carbonyl (C=O) groups is 1. The number of amides is 1. The summed E-state index contributed by atoms with van der Waals surface area (Å²) in [5.74, 6) is -0.0711. The third-order valence-corrected chi connectivity index (χ3v) is 4.14. The van der Waals surface area contributed by atoms with Crippen LogP contribution in [0.3, 0.4) is 0 Å². The lowest BCUT2D eigenvalue weighted by Gasteiger charge is -2.14. The van der Waals surface area contributed by atoms with Crippen LogP contribution in [0.1, 0.15) is 24.2 Å². The summed E-state index contributed by atoms with van der Waals surface area (Å²) in [6.07, 6.45) is 0. The maximum Gasteiger partial charge on any atom is 0.244 e. The first-order valence-corrected chi connectivity index (χ1v) is 7.90. The van der Waals surface area contributed by atoms with Crippen molar-refractivity contribution in [2.45, 2.75) is 26.4 Å². The van der Waals surface area contributed by atoms with Crippen LogP contribution in [0.5, 0.6) is 0 Å². The van der Waals surface area contributed by atoms with Crippen molar-refractivity contribution in [3.05, 3.63) is 64.8 Å². The zero-order valence-electron chi connectivity index (χ0n) is 13.1. The largest absolute Gasteiger partial charge is 0.350 e. The highest BCUT2D eigenvalue weighted by atomic mass is 35.5. The molecule has 0 aliphatic carbocycles. The van der Waals surface area contributed by atoms with Gasteiger partial charge in [-0.1, -0.05) is 41.9 Å². The fraction of sp³-hybridized carbons (Fsp3) is 0.222. The van der Waals surface area contributed by atoms with Gasteiger partial charge in [-0.15, -0.1) is 0 Å². The smallest absolute Gasteiger partial charge is 0.244 e. The highest BCUT2D eigenvalue weighted by Gasteiger charge is 2.18. The maximum atomic E-state index is 12.4. The minimum atomic E-state index is -0.382. The van der Waals surface area contributed by atoms with E-state index in [1.165, 1.54) is 0 Å². The minimum Gasteiger partial charge on any atom is -0.350 e. The van der Waals surface area contributed by atoms with Gasteiger partial charge in [-0.2, -0.15) is 5.10 Å². The number of para-hydroxylation sites is 1. The number of rotatable bonds is 4. The number of hydrogen-bond donors (Lipinski definition) is 1. The van der Waals surface area contributed by atoms with E-state index in [4.69, 9.17) is 11.6 Å². The van der Waals surface area contributed by atoms with E-state index in [2.05, 4.69) is 10.4 Å². The Morgan fingerprint density at radius 3 is 2.83 bits per heavy atom. The lowest BCUT2D eigenvalue weighted by atomic mass is 10.2. The summed E-state index contributed by atoms with van der Waals surface area (Å²) in [6.45, 7) is 4.25. The second-order valence-electron chi connectivity index (χ2n) is 5.57. The van der Waals surface area contributed by atoms with Crippen LogP contribution in [0.15, 0.2) is 48.5 Å². The maximum absolute atomic E-state index is 12.4. The molecule has 3 aromatic rings. The van der Waals surface area contributed by atoms with Gasteiger partial charge in [0, 0.05) is 17.0 Å². The summed E-state index contributed by atoms with van der Waals surface area (Å²) < 4.78 is 1.78. The zero-order valence-corrected chi connectivity index (χ0v) is 13.8. The lowest BCUT2D eigenvalue weighted by Crippen LogP contribution is -2.31. The van der Waals surface area contributed by atoms with Gasteiger partial charge in [0.2, 0.25) is 5.91 Å². The highest BCUT2D eigenvalue weighted by molar-refractivity contribution is 6.30. The molecule has 0 radical (unpaired) electrons. The van der Waals surface area contributed by atoms with Crippen LogP contribution in [-0.4, -0.2) is 15.7 Å². The van der Waals surface area contributed by atoms with Crippen molar-refractivity contribution in [2.75, 3.05) is 0 Å². The summed E-state index contributed by atoms with van der Waals surface area (Å²) in [4.78, 5) is 12.4. The summed E-state index contributed by atoms with van der Waals surface area (Å²) >= 11 is 5.96. The van der Waals surface area contributed by atoms with Crippen molar-refractivity contribution in [1.29, 1.82) is 0 Å². The summed E-state index contributed by atoms with van der Waals surface area (Å²) in [7, 11) is 0. The van der Waals surface area contributed by atoms with Gasteiger partial charge >= 0.3 is 0 Å². The monoisotopic (exact) mass is 327 g/mol. The number of aromatic nitrogens is 2. The van der Waals surface area contributed by atoms with Crippen LogP contribution in [0.2, 0.25) is 5.02 Å². The van der Waals surface area contributed by atoms with Crippen LogP contribution >= 0.6 is 11.6 Å². The molecule has 1 amide bonds. The van der Waals surface area contributed by atoms with Gasteiger partial charge in [-0.05, 0) is 37.6 Å². The topological polar surface area (TPSA) is 46.9 Å². The summed E-state index contributed by atoms with van der Waals surface area (Å²) in [5.41, 5.74) is 2.87. The normalized spacial score (nSPS) is 12.3. The van der Waals surface area contributed by atoms with Crippen LogP contribution < -0.4 is 5.32 Å². The molecule has 0 aliphatic rings. The predicted octanol–water partition coefficient (Wildman–Crippen LogP) is 3.88. The summed E-state index contributed by atoms with van der Waals surface area (Å²) in [5, 5.41) is 9.19. The molecule has 1 N–H and O–H groups in total. The zero-order chi connectivity index (χ0) is 16.4. The molecule has 2 aromatic carbocycles. The Bertz CT molecular complexity index is 856. The van der Waals surface area contributed by atoms with Crippen LogP contribution in [0.4, 0.5) is 0 Å². The quantitative estimate of drug-likeness (QED) is 0.790. The predicted molar refractivity (Wildman–Crippen MR) is 92.5 cm³/mol. The van der Waals surface area contributed by atoms with Crippen molar-refractivity contribution in [1.82, 2.24) is 15.1 Å². The second kappa shape index (κ2) is 6.42. The number of aryl methyl sites for hydroxylation is 1. The molecule has 1 unspecified atom stereocenters. The molecule has 0 saturated carbocycles. The average Bonchev–Trinajstić information content (AvgIpc) is 2.89. The molecule has 5 heteroatoms. The standard InChI is InChI=1S/C18H18ClN3O/c1-12-16-8-3-4-9-17(16)22(21-12)13(2)18(23)20-11-14-6-5-7-15(19)10-14/h3-10,13H,11H2,1-2H3,(H,20,23). The molecule has 1 heterocycles. The third-order valence-electron chi connectivity index (χ3n) is 3.90. The molecule has 0 spiro atoms. The minimum absolute atomic E-state index is 0.0711. The molecule has 0 bridgehead atoms. The van der Waals surface area contributed by atoms with Crippen molar-refractivity contribution < 1.29 is 4.79 Å². The molecule has 0 saturated heterocycles. The molecule has 1 aromatic heterocycles. The van der Waals surface area contributed by atoms with E-state index in [9.17, 15) is 4.79 Å². The number of hydrogen-bond acceptors (Lipinski definition) is 2. The van der Waals surface area contributed by atoms with Gasteiger partial charge in [-0.3, -0.25) is 9.48 Å². The Balaban J connectivity index is 1.76. The Labute approximate surface area is 140 Å². The van der Waals surface area contributed by atoms with Gasteiger partial charge < -0.3 is 5.32 Å². The van der Waals surface area contributed by atoms with Gasteiger partial charge in [0.1, 0.15) is 6.04 Å². The van der Waals surface area contributed by atoms with Crippen molar-refractivity contribution >= 4 is 28.4 Å². The first-order chi connectivity index (χ1) is 11.1. The summed E-state index contributed by atoms with van der Waals surface area (Å²) in [6, 6.07) is 15.0. The molecule has 23 heavy (non-hydrogen) atoms. The molecule has 4 nitrogen and oxygen atoms in total. The van der Waals surface area contributed by atoms with Gasteiger partial charge in [0.05, 0.1) is 11.2 Å². The van der Waals surface area contributed by atoms with Crippen LogP contribution in [0.25, 0.3) is 10.9 Å². The van der Waals surface area contributed by atoms with E-state index in [1.807, 2.05) is 62.4 Å². The van der Waals surface area contributed by atoms with Crippen molar-refractivity contribution in [3.8, 4) is 0 Å². The van der Waals surface area contributed by atoms with E-state index in [1.54, 1.807) is 4.68 Å². The molecule has 1 atom stereocenters. The first-order valence-electron chi connectivity index (χ1n) is 7.52. The van der Waals surface area contributed by atoms with Crippen molar-refractivity contribution in [2.24, 2.45) is 0 Å². The average molecular weight is 328 g/mol. The Morgan fingerprint density at radius 2 is 2.04 bits per heavy atom. The number of benzene rings is 2. The highest BCUT2D eigenvalue weighted by Crippen LogP contribution is 2.21. The van der Waals surface area contributed by atoms with E-state index < -0.39 is 0 Å². The Morgan fingerprint density at radius 1 is 1.26 bits per heavy atom. The second-order valence-corrected chi connectivity index (χ2v) is 6.01. The SMILES string of the molecule is Cc1nn(C(C)C(=O)NCc2cccc(Cl)c2)c2ccccc12. The van der Waals surface area contributed by atoms with Crippen LogP contribution in [0, 0.1) is 6.92 Å². The molecular formula is C18H18ClN3O. The number of fused-ring (bicyclic) bond motifs is 1. The third kappa shape index (κ3) is 3.22. The van der Waals surface area contributed by atoms with Crippen molar-refractivity contribution in [3.63, 3.8) is 0 Å². The van der Waals surface area contributed by atoms with E-state index >= 15 is 0 Å². The van der Waals surface area contributed by atoms with Gasteiger partial charge in [0.15, 0.2) is 0 Å². The lowest BCUT2D eigenvalue weighted by molar-refractivity contribution is -0.124. The molecule has 0 aliphatic heterocycles. The van der Waals surface area contributed by atoms with E-state index in [-0.39, 0.29) is 11.9 Å². The molecule has 118 valence electrons. The Kier molecular flexibility index (Phi) is 4.35. The van der Waals surface area contributed by atoms with Crippen LogP contribution in [-0.2, 0) is 11.3 Å². The Hall–Kier alpha value is -2.33. The molecular weight excluding hydrogens is 310 g/mol. The van der Waals surface area contributed by atoms with E-state index in [0.717, 1.165) is 22.2 Å². The number of nitrogens with one attached hydrogen (secondary N) is 1. The number of halogens is 1. The van der Waals surface area contributed by atoms with Gasteiger partial charge in [-0.25, -0.2) is 0 Å². The fourth-order valence-corrected chi connectivity index (χ4v) is 2.85. The van der Waals surface area contributed by atoms with E-state index in [0.29, 0.717) is 11.6 Å². The van der Waals surface area contributed by atoms with Gasteiger partial charge in [0.25, 0.3) is 0 Å².